The van der Waals surface area contributed by atoms with E-state index in [2.05, 4.69) is 4.72 Å². The van der Waals surface area contributed by atoms with Gasteiger partial charge in [0.2, 0.25) is 10.0 Å². The normalized spacial score (nSPS) is 14.3. The van der Waals surface area contributed by atoms with Crippen molar-refractivity contribution in [2.75, 3.05) is 12.3 Å². The standard InChI is InChI=1S/C7H16N2O4S/c1-5(2)4-14(12,13)9-3-6(8)7(10)11/h5-6,9H,3-4,8H2,1-2H3,(H,10,11). The van der Waals surface area contributed by atoms with Crippen molar-refractivity contribution >= 4 is 16.0 Å². The van der Waals surface area contributed by atoms with E-state index in [-0.39, 0.29) is 18.2 Å². The molecule has 0 aliphatic heterocycles. The molecule has 0 spiro atoms. The van der Waals surface area contributed by atoms with Crippen molar-refractivity contribution in [3.05, 3.63) is 0 Å². The average molecular weight is 224 g/mol. The minimum atomic E-state index is -3.40. The second kappa shape index (κ2) is 5.28. The first-order chi connectivity index (χ1) is 6.24. The maximum Gasteiger partial charge on any atom is 0.321 e. The molecule has 0 radical (unpaired) electrons. The molecular weight excluding hydrogens is 208 g/mol. The lowest BCUT2D eigenvalue weighted by Crippen LogP contribution is -2.43. The molecule has 0 fully saturated rings. The van der Waals surface area contributed by atoms with Gasteiger partial charge in [-0.2, -0.15) is 0 Å². The van der Waals surface area contributed by atoms with Gasteiger partial charge in [0.1, 0.15) is 6.04 Å². The van der Waals surface area contributed by atoms with Crippen LogP contribution in [0.2, 0.25) is 0 Å². The molecule has 1 atom stereocenters. The van der Waals surface area contributed by atoms with Crippen molar-refractivity contribution in [3.8, 4) is 0 Å². The van der Waals surface area contributed by atoms with Crippen molar-refractivity contribution in [2.45, 2.75) is 19.9 Å². The van der Waals surface area contributed by atoms with E-state index in [1.807, 2.05) is 0 Å². The van der Waals surface area contributed by atoms with Crippen LogP contribution in [-0.2, 0) is 14.8 Å². The Morgan fingerprint density at radius 1 is 1.50 bits per heavy atom. The Morgan fingerprint density at radius 3 is 2.36 bits per heavy atom. The van der Waals surface area contributed by atoms with Crippen LogP contribution in [0.25, 0.3) is 0 Å². The third kappa shape index (κ3) is 5.90. The Kier molecular flexibility index (Phi) is 5.03. The summed E-state index contributed by atoms with van der Waals surface area (Å²) in [6, 6.07) is -1.20. The summed E-state index contributed by atoms with van der Waals surface area (Å²) in [5, 5.41) is 8.40. The topological polar surface area (TPSA) is 109 Å². The van der Waals surface area contributed by atoms with E-state index in [4.69, 9.17) is 10.8 Å². The SMILES string of the molecule is CC(C)CS(=O)(=O)NCC(N)C(=O)O. The molecule has 0 heterocycles. The number of hydrogen-bond acceptors (Lipinski definition) is 4. The summed E-state index contributed by atoms with van der Waals surface area (Å²) in [5.74, 6) is -1.26. The lowest BCUT2D eigenvalue weighted by Gasteiger charge is -2.10. The van der Waals surface area contributed by atoms with E-state index >= 15 is 0 Å². The summed E-state index contributed by atoms with van der Waals surface area (Å²) in [6.07, 6.45) is 0. The highest BCUT2D eigenvalue weighted by Crippen LogP contribution is 1.97. The summed E-state index contributed by atoms with van der Waals surface area (Å²) < 4.78 is 24.6. The van der Waals surface area contributed by atoms with Gasteiger partial charge < -0.3 is 10.8 Å². The summed E-state index contributed by atoms with van der Waals surface area (Å²) in [7, 11) is -3.40. The highest BCUT2D eigenvalue weighted by Gasteiger charge is 2.17. The number of carboxylic acid groups (broad SMARTS) is 1. The van der Waals surface area contributed by atoms with Crippen molar-refractivity contribution in [1.82, 2.24) is 4.72 Å². The fourth-order valence-electron chi connectivity index (χ4n) is 0.802. The van der Waals surface area contributed by atoms with Crippen LogP contribution in [0.4, 0.5) is 0 Å². The van der Waals surface area contributed by atoms with Gasteiger partial charge in [0.15, 0.2) is 0 Å². The van der Waals surface area contributed by atoms with Gasteiger partial charge in [0.25, 0.3) is 0 Å². The molecule has 0 aliphatic carbocycles. The fourth-order valence-corrected chi connectivity index (χ4v) is 2.23. The van der Waals surface area contributed by atoms with Crippen LogP contribution in [0.1, 0.15) is 13.8 Å². The van der Waals surface area contributed by atoms with Crippen LogP contribution in [0.5, 0.6) is 0 Å². The summed E-state index contributed by atoms with van der Waals surface area (Å²) in [4.78, 5) is 10.3. The number of sulfonamides is 1. The fraction of sp³-hybridized carbons (Fsp3) is 0.857. The predicted octanol–water partition coefficient (Wildman–Crippen LogP) is -1.03. The van der Waals surface area contributed by atoms with Crippen LogP contribution in [0, 0.1) is 5.92 Å². The van der Waals surface area contributed by atoms with E-state index in [1.54, 1.807) is 13.8 Å². The van der Waals surface area contributed by atoms with Crippen molar-refractivity contribution in [3.63, 3.8) is 0 Å². The molecule has 14 heavy (non-hydrogen) atoms. The molecule has 0 aromatic heterocycles. The summed E-state index contributed by atoms with van der Waals surface area (Å²) >= 11 is 0. The zero-order chi connectivity index (χ0) is 11.4. The number of nitrogens with one attached hydrogen (secondary N) is 1. The molecule has 7 heteroatoms. The van der Waals surface area contributed by atoms with Crippen LogP contribution < -0.4 is 10.5 Å². The molecule has 0 saturated carbocycles. The molecule has 84 valence electrons. The first-order valence-corrected chi connectivity index (χ1v) is 5.85. The molecular formula is C7H16N2O4S. The van der Waals surface area contributed by atoms with Crippen molar-refractivity contribution < 1.29 is 18.3 Å². The van der Waals surface area contributed by atoms with Gasteiger partial charge >= 0.3 is 5.97 Å². The quantitative estimate of drug-likeness (QED) is 0.534. The monoisotopic (exact) mass is 224 g/mol. The minimum Gasteiger partial charge on any atom is -0.480 e. The molecule has 0 aliphatic rings. The van der Waals surface area contributed by atoms with Gasteiger partial charge in [-0.15, -0.1) is 0 Å². The molecule has 0 amide bonds. The van der Waals surface area contributed by atoms with Gasteiger partial charge in [-0.3, -0.25) is 4.79 Å². The lowest BCUT2D eigenvalue weighted by molar-refractivity contribution is -0.138. The zero-order valence-corrected chi connectivity index (χ0v) is 9.04. The summed E-state index contributed by atoms with van der Waals surface area (Å²) in [6.45, 7) is 3.25. The van der Waals surface area contributed by atoms with E-state index in [0.717, 1.165) is 0 Å². The van der Waals surface area contributed by atoms with Crippen LogP contribution in [0.15, 0.2) is 0 Å². The minimum absolute atomic E-state index is 0.00597. The van der Waals surface area contributed by atoms with E-state index in [1.165, 1.54) is 0 Å². The molecule has 1 unspecified atom stereocenters. The van der Waals surface area contributed by atoms with Crippen LogP contribution in [-0.4, -0.2) is 37.8 Å². The number of aliphatic carboxylic acids is 1. The first-order valence-electron chi connectivity index (χ1n) is 4.20. The number of rotatable bonds is 6. The van der Waals surface area contributed by atoms with Gasteiger partial charge in [-0.1, -0.05) is 13.8 Å². The third-order valence-electron chi connectivity index (χ3n) is 1.39. The molecule has 0 saturated heterocycles. The van der Waals surface area contributed by atoms with E-state index in [9.17, 15) is 13.2 Å². The second-order valence-corrected chi connectivity index (χ2v) is 5.32. The lowest BCUT2D eigenvalue weighted by atomic mass is 10.3. The molecule has 0 aromatic carbocycles. The molecule has 4 N–H and O–H groups in total. The Labute approximate surface area is 83.5 Å². The number of carbonyl (C=O) groups is 1. The maximum absolute atomic E-state index is 11.2. The molecule has 0 bridgehead atoms. The Hall–Kier alpha value is -0.660. The summed E-state index contributed by atoms with van der Waals surface area (Å²) in [5.41, 5.74) is 5.13. The van der Waals surface area contributed by atoms with Gasteiger partial charge in [0.05, 0.1) is 5.75 Å². The second-order valence-electron chi connectivity index (χ2n) is 3.47. The highest BCUT2D eigenvalue weighted by molar-refractivity contribution is 7.89. The number of hydrogen-bond donors (Lipinski definition) is 3. The van der Waals surface area contributed by atoms with Crippen molar-refractivity contribution in [2.24, 2.45) is 11.7 Å². The maximum atomic E-state index is 11.2. The largest absolute Gasteiger partial charge is 0.480 e. The number of nitrogens with two attached hydrogens (primary N) is 1. The zero-order valence-electron chi connectivity index (χ0n) is 8.23. The molecule has 6 nitrogen and oxygen atoms in total. The van der Waals surface area contributed by atoms with Crippen molar-refractivity contribution in [1.29, 1.82) is 0 Å². The predicted molar refractivity (Wildman–Crippen MR) is 52.2 cm³/mol. The van der Waals surface area contributed by atoms with E-state index < -0.39 is 22.0 Å². The van der Waals surface area contributed by atoms with Crippen LogP contribution >= 0.6 is 0 Å². The van der Waals surface area contributed by atoms with Crippen LogP contribution in [0.3, 0.4) is 0 Å². The smallest absolute Gasteiger partial charge is 0.321 e. The Balaban J connectivity index is 4.06. The highest BCUT2D eigenvalue weighted by atomic mass is 32.2. The van der Waals surface area contributed by atoms with Gasteiger partial charge in [0, 0.05) is 6.54 Å². The van der Waals surface area contributed by atoms with E-state index in [0.29, 0.717) is 0 Å². The molecule has 0 aromatic rings. The Morgan fingerprint density at radius 2 is 2.00 bits per heavy atom. The Bertz CT molecular complexity index is 286. The third-order valence-corrected chi connectivity index (χ3v) is 3.11. The molecule has 0 rings (SSSR count). The average Bonchev–Trinajstić information content (AvgIpc) is 1.97. The van der Waals surface area contributed by atoms with Gasteiger partial charge in [-0.25, -0.2) is 13.1 Å². The number of carboxylic acids is 1. The first kappa shape index (κ1) is 13.3. The van der Waals surface area contributed by atoms with Gasteiger partial charge in [-0.05, 0) is 5.92 Å².